The quantitative estimate of drug-likeness (QED) is 0.572. The second-order valence-electron chi connectivity index (χ2n) is 6.60. The first-order valence-corrected chi connectivity index (χ1v) is 8.48. The fraction of sp³-hybridized carbons (Fsp3) is 0.250. The summed E-state index contributed by atoms with van der Waals surface area (Å²) >= 11 is 0. The minimum atomic E-state index is -0.482. The highest BCUT2D eigenvalue weighted by molar-refractivity contribution is 5.93. The maximum atomic E-state index is 11.4. The molecule has 0 saturated heterocycles. The van der Waals surface area contributed by atoms with Gasteiger partial charge in [-0.2, -0.15) is 0 Å². The number of nitrogens with one attached hydrogen (secondary N) is 1. The molecule has 1 aliphatic heterocycles. The highest BCUT2D eigenvalue weighted by Gasteiger charge is 2.22. The molecule has 0 saturated carbocycles. The predicted octanol–water partition coefficient (Wildman–Crippen LogP) is 2.86. The van der Waals surface area contributed by atoms with E-state index in [0.29, 0.717) is 5.56 Å². The highest BCUT2D eigenvalue weighted by atomic mass is 16.5. The number of amides is 1. The number of aromatic nitrogens is 1. The van der Waals surface area contributed by atoms with E-state index in [2.05, 4.69) is 40.8 Å². The van der Waals surface area contributed by atoms with E-state index in [1.165, 1.54) is 22.2 Å². The Balaban J connectivity index is 1.55. The van der Waals surface area contributed by atoms with E-state index in [1.54, 1.807) is 17.6 Å². The van der Waals surface area contributed by atoms with Crippen LogP contribution in [0.15, 0.2) is 48.5 Å². The van der Waals surface area contributed by atoms with Gasteiger partial charge in [-0.25, -0.2) is 5.48 Å². The van der Waals surface area contributed by atoms with Crippen molar-refractivity contribution in [3.8, 4) is 0 Å². The van der Waals surface area contributed by atoms with E-state index in [1.807, 2.05) is 12.1 Å². The summed E-state index contributed by atoms with van der Waals surface area (Å²) in [5, 5.41) is 10.0. The van der Waals surface area contributed by atoms with Gasteiger partial charge in [0, 0.05) is 55.3 Å². The van der Waals surface area contributed by atoms with E-state index in [0.717, 1.165) is 31.6 Å². The van der Waals surface area contributed by atoms with Gasteiger partial charge in [0.25, 0.3) is 5.91 Å². The molecule has 128 valence electrons. The van der Waals surface area contributed by atoms with E-state index < -0.39 is 5.91 Å². The summed E-state index contributed by atoms with van der Waals surface area (Å²) in [4.78, 5) is 13.8. The average molecular weight is 335 g/mol. The zero-order chi connectivity index (χ0) is 17.4. The Morgan fingerprint density at radius 2 is 1.92 bits per heavy atom. The van der Waals surface area contributed by atoms with Crippen LogP contribution in [0.5, 0.6) is 0 Å². The monoisotopic (exact) mass is 335 g/mol. The van der Waals surface area contributed by atoms with Gasteiger partial charge in [-0.15, -0.1) is 0 Å². The maximum absolute atomic E-state index is 11.4. The number of para-hydroxylation sites is 1. The Bertz CT molecular complexity index is 928. The summed E-state index contributed by atoms with van der Waals surface area (Å²) in [7, 11) is 2.15. The summed E-state index contributed by atoms with van der Waals surface area (Å²) in [5.41, 5.74) is 7.45. The van der Waals surface area contributed by atoms with Crippen LogP contribution in [0.4, 0.5) is 0 Å². The molecule has 0 unspecified atom stereocenters. The van der Waals surface area contributed by atoms with Crippen molar-refractivity contribution >= 4 is 16.8 Å². The highest BCUT2D eigenvalue weighted by Crippen LogP contribution is 2.30. The standard InChI is InChI=1S/C20H21N3O2/c1-22-18-5-3-2-4-16(18)17-13-23(11-10-19(17)22)12-14-6-8-15(9-7-14)20(24)21-25/h2-9,25H,10-13H2,1H3,(H,21,24). The first kappa shape index (κ1) is 15.9. The predicted molar refractivity (Wildman–Crippen MR) is 96.4 cm³/mol. The van der Waals surface area contributed by atoms with E-state index in [-0.39, 0.29) is 0 Å². The lowest BCUT2D eigenvalue weighted by molar-refractivity contribution is 0.0706. The van der Waals surface area contributed by atoms with Crippen LogP contribution in [0, 0.1) is 0 Å². The lowest BCUT2D eigenvalue weighted by Crippen LogP contribution is -2.30. The molecule has 2 N–H and O–H groups in total. The number of aryl methyl sites for hydroxylation is 1. The number of hydrogen-bond donors (Lipinski definition) is 2. The van der Waals surface area contributed by atoms with E-state index in [9.17, 15) is 4.79 Å². The number of carbonyl (C=O) groups is 1. The van der Waals surface area contributed by atoms with E-state index >= 15 is 0 Å². The van der Waals surface area contributed by atoms with Crippen molar-refractivity contribution in [2.75, 3.05) is 6.54 Å². The van der Waals surface area contributed by atoms with Crippen molar-refractivity contribution in [3.05, 3.63) is 70.9 Å². The maximum Gasteiger partial charge on any atom is 0.274 e. The largest absolute Gasteiger partial charge is 0.347 e. The molecule has 2 heterocycles. The van der Waals surface area contributed by atoms with Crippen molar-refractivity contribution in [2.45, 2.75) is 19.5 Å². The summed E-state index contributed by atoms with van der Waals surface area (Å²) in [6.45, 7) is 2.81. The van der Waals surface area contributed by atoms with Crippen LogP contribution < -0.4 is 5.48 Å². The zero-order valence-corrected chi connectivity index (χ0v) is 14.2. The van der Waals surface area contributed by atoms with Gasteiger partial charge < -0.3 is 4.57 Å². The van der Waals surface area contributed by atoms with Gasteiger partial charge in [-0.05, 0) is 29.3 Å². The summed E-state index contributed by atoms with van der Waals surface area (Å²) in [5.74, 6) is -0.482. The third-order valence-electron chi connectivity index (χ3n) is 5.11. The fourth-order valence-corrected chi connectivity index (χ4v) is 3.81. The van der Waals surface area contributed by atoms with Crippen molar-refractivity contribution in [1.29, 1.82) is 0 Å². The van der Waals surface area contributed by atoms with Gasteiger partial charge in [-0.1, -0.05) is 30.3 Å². The van der Waals surface area contributed by atoms with Crippen molar-refractivity contribution in [3.63, 3.8) is 0 Å². The van der Waals surface area contributed by atoms with Gasteiger partial charge >= 0.3 is 0 Å². The molecule has 0 atom stereocenters. The molecule has 1 aromatic heterocycles. The normalized spacial score (nSPS) is 14.5. The van der Waals surface area contributed by atoms with Crippen molar-refractivity contribution in [2.24, 2.45) is 7.05 Å². The second kappa shape index (κ2) is 6.35. The Labute approximate surface area is 146 Å². The number of rotatable bonds is 3. The number of hydroxylamine groups is 1. The molecule has 1 amide bonds. The van der Waals surface area contributed by atoms with Crippen LogP contribution in [0.1, 0.15) is 27.2 Å². The Morgan fingerprint density at radius 1 is 1.16 bits per heavy atom. The molecule has 0 bridgehead atoms. The van der Waals surface area contributed by atoms with Crippen LogP contribution in [0.25, 0.3) is 10.9 Å². The molecule has 1 aliphatic rings. The number of carbonyl (C=O) groups excluding carboxylic acids is 1. The minimum absolute atomic E-state index is 0.459. The van der Waals surface area contributed by atoms with Gasteiger partial charge in [0.15, 0.2) is 0 Å². The van der Waals surface area contributed by atoms with Crippen LogP contribution in [0.2, 0.25) is 0 Å². The minimum Gasteiger partial charge on any atom is -0.347 e. The zero-order valence-electron chi connectivity index (χ0n) is 14.2. The lowest BCUT2D eigenvalue weighted by atomic mass is 10.0. The van der Waals surface area contributed by atoms with Crippen molar-refractivity contribution < 1.29 is 10.0 Å². The molecule has 0 fully saturated rings. The van der Waals surface area contributed by atoms with Gasteiger partial charge in [0.2, 0.25) is 0 Å². The number of hydrogen-bond acceptors (Lipinski definition) is 3. The molecule has 0 aliphatic carbocycles. The Morgan fingerprint density at radius 3 is 2.68 bits per heavy atom. The molecule has 3 aromatic rings. The SMILES string of the molecule is Cn1c2c(c3ccccc31)CN(Cc1ccc(C(=O)NO)cc1)CC2. The van der Waals surface area contributed by atoms with Gasteiger partial charge in [0.1, 0.15) is 0 Å². The molecule has 0 radical (unpaired) electrons. The van der Waals surface area contributed by atoms with Crippen LogP contribution in [-0.2, 0) is 26.6 Å². The Hall–Kier alpha value is -2.63. The first-order chi connectivity index (χ1) is 12.2. The summed E-state index contributed by atoms with van der Waals surface area (Å²) in [6, 6.07) is 16.0. The van der Waals surface area contributed by atoms with E-state index in [4.69, 9.17) is 5.21 Å². The van der Waals surface area contributed by atoms with Crippen LogP contribution in [0.3, 0.4) is 0 Å². The number of benzene rings is 2. The summed E-state index contributed by atoms with van der Waals surface area (Å²) in [6.07, 6.45) is 1.05. The lowest BCUT2D eigenvalue weighted by Gasteiger charge is -2.28. The molecular formula is C20H21N3O2. The third kappa shape index (κ3) is 2.81. The molecule has 25 heavy (non-hydrogen) atoms. The van der Waals surface area contributed by atoms with Gasteiger partial charge in [-0.3, -0.25) is 14.9 Å². The molecule has 2 aromatic carbocycles. The third-order valence-corrected chi connectivity index (χ3v) is 5.11. The molecular weight excluding hydrogens is 314 g/mol. The molecule has 5 heteroatoms. The fourth-order valence-electron chi connectivity index (χ4n) is 3.81. The Kier molecular flexibility index (Phi) is 4.03. The average Bonchev–Trinajstić information content (AvgIpc) is 2.94. The second-order valence-corrected chi connectivity index (χ2v) is 6.60. The number of nitrogens with zero attached hydrogens (tertiary/aromatic N) is 2. The topological polar surface area (TPSA) is 57.5 Å². The smallest absolute Gasteiger partial charge is 0.274 e. The summed E-state index contributed by atoms with van der Waals surface area (Å²) < 4.78 is 2.32. The molecule has 5 nitrogen and oxygen atoms in total. The van der Waals surface area contributed by atoms with Gasteiger partial charge in [0.05, 0.1) is 0 Å². The van der Waals surface area contributed by atoms with Crippen LogP contribution >= 0.6 is 0 Å². The first-order valence-electron chi connectivity index (χ1n) is 8.48. The number of fused-ring (bicyclic) bond motifs is 3. The molecule has 0 spiro atoms. The molecule has 4 rings (SSSR count). The van der Waals surface area contributed by atoms with Crippen molar-refractivity contribution in [1.82, 2.24) is 14.9 Å². The van der Waals surface area contributed by atoms with Crippen LogP contribution in [-0.4, -0.2) is 27.1 Å².